The smallest absolute Gasteiger partial charge is 0.252 e. The third-order valence-corrected chi connectivity index (χ3v) is 6.60. The lowest BCUT2D eigenvalue weighted by Gasteiger charge is -2.20. The number of thiophene rings is 1. The second-order valence-electron chi connectivity index (χ2n) is 4.94. The van der Waals surface area contributed by atoms with Crippen LogP contribution in [0.25, 0.3) is 0 Å². The van der Waals surface area contributed by atoms with Crippen molar-refractivity contribution < 1.29 is 18.3 Å². The molecule has 0 aliphatic rings. The molecule has 0 aliphatic heterocycles. The lowest BCUT2D eigenvalue weighted by atomic mass is 10.1. The number of ether oxygens (including phenoxy) is 1. The van der Waals surface area contributed by atoms with E-state index in [1.807, 2.05) is 6.92 Å². The van der Waals surface area contributed by atoms with Crippen LogP contribution >= 0.6 is 11.3 Å². The third-order valence-electron chi connectivity index (χ3n) is 3.31. The molecule has 0 saturated heterocycles. The van der Waals surface area contributed by atoms with Gasteiger partial charge in [0.05, 0.1) is 13.2 Å². The Kier molecular flexibility index (Phi) is 5.23. The Labute approximate surface area is 134 Å². The summed E-state index contributed by atoms with van der Waals surface area (Å²) in [5.74, 6) is 0.686. The van der Waals surface area contributed by atoms with E-state index in [1.54, 1.807) is 43.5 Å². The highest BCUT2D eigenvalue weighted by molar-refractivity contribution is 7.91. The van der Waals surface area contributed by atoms with Gasteiger partial charge in [0.1, 0.15) is 9.96 Å². The van der Waals surface area contributed by atoms with E-state index in [4.69, 9.17) is 4.74 Å². The molecule has 5 nitrogen and oxygen atoms in total. The minimum atomic E-state index is -3.57. The van der Waals surface area contributed by atoms with Gasteiger partial charge in [-0.05, 0) is 36.8 Å². The van der Waals surface area contributed by atoms with E-state index < -0.39 is 16.1 Å². The van der Waals surface area contributed by atoms with Gasteiger partial charge < -0.3 is 9.84 Å². The molecule has 1 N–H and O–H groups in total. The number of sulfonamides is 1. The normalized spacial score (nSPS) is 13.3. The van der Waals surface area contributed by atoms with Gasteiger partial charge in [0.15, 0.2) is 0 Å². The second kappa shape index (κ2) is 6.78. The van der Waals surface area contributed by atoms with Crippen molar-refractivity contribution in [1.82, 2.24) is 4.31 Å². The van der Waals surface area contributed by atoms with Crippen LogP contribution in [0.3, 0.4) is 0 Å². The largest absolute Gasteiger partial charge is 0.497 e. The number of rotatable bonds is 6. The summed E-state index contributed by atoms with van der Waals surface area (Å²) >= 11 is 1.22. The summed E-state index contributed by atoms with van der Waals surface area (Å²) in [5, 5.41) is 10.2. The predicted molar refractivity (Wildman–Crippen MR) is 86.8 cm³/mol. The number of hydrogen-bond donors (Lipinski definition) is 1. The average molecular weight is 341 g/mol. The van der Waals surface area contributed by atoms with E-state index in [2.05, 4.69) is 0 Å². The van der Waals surface area contributed by atoms with Crippen molar-refractivity contribution in [2.45, 2.75) is 17.2 Å². The molecule has 0 fully saturated rings. The zero-order valence-corrected chi connectivity index (χ0v) is 14.3. The molecule has 22 heavy (non-hydrogen) atoms. The highest BCUT2D eigenvalue weighted by Crippen LogP contribution is 2.25. The predicted octanol–water partition coefficient (Wildman–Crippen LogP) is 2.42. The van der Waals surface area contributed by atoms with Crippen molar-refractivity contribution in [3.8, 4) is 5.75 Å². The number of nitrogens with zero attached hydrogens (tertiary/aromatic N) is 1. The Morgan fingerprint density at radius 1 is 1.23 bits per heavy atom. The topological polar surface area (TPSA) is 66.8 Å². The lowest BCUT2D eigenvalue weighted by Crippen LogP contribution is -2.30. The molecule has 2 aromatic rings. The average Bonchev–Trinajstić information content (AvgIpc) is 2.94. The molecule has 0 spiro atoms. The zero-order valence-electron chi connectivity index (χ0n) is 12.7. The van der Waals surface area contributed by atoms with Crippen molar-refractivity contribution in [3.63, 3.8) is 0 Å². The Morgan fingerprint density at radius 3 is 2.36 bits per heavy atom. The van der Waals surface area contributed by atoms with Crippen molar-refractivity contribution in [3.05, 3.63) is 46.8 Å². The number of aliphatic hydroxyl groups excluding tert-OH is 1. The fourth-order valence-corrected chi connectivity index (χ4v) is 4.65. The summed E-state index contributed by atoms with van der Waals surface area (Å²) in [6.45, 7) is 1.85. The molecule has 0 saturated carbocycles. The molecular formula is C15H19NO4S2. The third kappa shape index (κ3) is 3.67. The Balaban J connectivity index is 2.11. The Bertz CT molecular complexity index is 722. The molecule has 1 atom stereocenters. The zero-order chi connectivity index (χ0) is 16.3. The molecule has 120 valence electrons. The van der Waals surface area contributed by atoms with Gasteiger partial charge in [-0.1, -0.05) is 12.1 Å². The van der Waals surface area contributed by atoms with E-state index in [-0.39, 0.29) is 10.8 Å². The van der Waals surface area contributed by atoms with Crippen LogP contribution in [0.1, 0.15) is 16.5 Å². The SMILES string of the molecule is COc1ccc(C(O)CN(C)S(=O)(=O)c2ccc(C)s2)cc1. The molecule has 0 radical (unpaired) electrons. The number of hydrogen-bond acceptors (Lipinski definition) is 5. The highest BCUT2D eigenvalue weighted by atomic mass is 32.2. The summed E-state index contributed by atoms with van der Waals surface area (Å²) in [6.07, 6.45) is -0.897. The quantitative estimate of drug-likeness (QED) is 0.876. The van der Waals surface area contributed by atoms with Gasteiger partial charge in [-0.15, -0.1) is 11.3 Å². The van der Waals surface area contributed by atoms with Crippen LogP contribution in [0, 0.1) is 6.92 Å². The first-order valence-corrected chi connectivity index (χ1v) is 8.95. The summed E-state index contributed by atoms with van der Waals surface area (Å²) in [5.41, 5.74) is 0.644. The number of methoxy groups -OCH3 is 1. The molecular weight excluding hydrogens is 322 g/mol. The molecule has 1 aromatic carbocycles. The maximum Gasteiger partial charge on any atom is 0.252 e. The van der Waals surface area contributed by atoms with Gasteiger partial charge in [-0.3, -0.25) is 0 Å². The van der Waals surface area contributed by atoms with Gasteiger partial charge >= 0.3 is 0 Å². The molecule has 0 amide bonds. The maximum atomic E-state index is 12.4. The number of aliphatic hydroxyl groups is 1. The summed E-state index contributed by atoms with van der Waals surface area (Å²) in [7, 11) is -0.533. The van der Waals surface area contributed by atoms with Crippen molar-refractivity contribution in [1.29, 1.82) is 0 Å². The molecule has 1 unspecified atom stereocenters. The number of benzene rings is 1. The molecule has 0 aliphatic carbocycles. The molecule has 7 heteroatoms. The van der Waals surface area contributed by atoms with Crippen LogP contribution in [0.4, 0.5) is 0 Å². The standard InChI is InChI=1S/C15H19NO4S2/c1-11-4-9-15(21-11)22(18,19)16(2)10-14(17)12-5-7-13(20-3)8-6-12/h4-9,14,17H,10H2,1-3H3. The molecule has 2 rings (SSSR count). The first-order chi connectivity index (χ1) is 10.3. The van der Waals surface area contributed by atoms with Gasteiger partial charge in [-0.2, -0.15) is 4.31 Å². The van der Waals surface area contributed by atoms with Crippen LogP contribution in [0.2, 0.25) is 0 Å². The van der Waals surface area contributed by atoms with Gasteiger partial charge in [0.2, 0.25) is 0 Å². The summed E-state index contributed by atoms with van der Waals surface area (Å²) < 4.78 is 31.4. The first kappa shape index (κ1) is 17.0. The van der Waals surface area contributed by atoms with Gasteiger partial charge in [0, 0.05) is 18.5 Å². The van der Waals surface area contributed by atoms with E-state index in [1.165, 1.54) is 22.7 Å². The molecule has 1 aromatic heterocycles. The molecule has 1 heterocycles. The van der Waals surface area contributed by atoms with Crippen LogP contribution < -0.4 is 4.74 Å². The van der Waals surface area contributed by atoms with Crippen LogP contribution in [0.5, 0.6) is 5.75 Å². The van der Waals surface area contributed by atoms with E-state index in [0.29, 0.717) is 11.3 Å². The second-order valence-corrected chi connectivity index (χ2v) is 8.50. The van der Waals surface area contributed by atoms with E-state index in [9.17, 15) is 13.5 Å². The van der Waals surface area contributed by atoms with E-state index in [0.717, 1.165) is 4.88 Å². The lowest BCUT2D eigenvalue weighted by molar-refractivity contribution is 0.155. The van der Waals surface area contributed by atoms with Crippen molar-refractivity contribution in [2.24, 2.45) is 0 Å². The minimum absolute atomic E-state index is 0.00832. The summed E-state index contributed by atoms with van der Waals surface area (Å²) in [4.78, 5) is 0.933. The van der Waals surface area contributed by atoms with Gasteiger partial charge in [-0.25, -0.2) is 8.42 Å². The van der Waals surface area contributed by atoms with E-state index >= 15 is 0 Å². The number of likely N-dealkylation sites (N-methyl/N-ethyl adjacent to an activating group) is 1. The summed E-state index contributed by atoms with van der Waals surface area (Å²) in [6, 6.07) is 10.3. The van der Waals surface area contributed by atoms with Crippen molar-refractivity contribution >= 4 is 21.4 Å². The monoisotopic (exact) mass is 341 g/mol. The first-order valence-electron chi connectivity index (χ1n) is 6.69. The molecule has 0 bridgehead atoms. The maximum absolute atomic E-state index is 12.4. The fraction of sp³-hybridized carbons (Fsp3) is 0.333. The Morgan fingerprint density at radius 2 is 1.86 bits per heavy atom. The Hall–Kier alpha value is -1.41. The van der Waals surface area contributed by atoms with Crippen LogP contribution in [-0.2, 0) is 10.0 Å². The number of aryl methyl sites for hydroxylation is 1. The van der Waals surface area contributed by atoms with Crippen LogP contribution in [0.15, 0.2) is 40.6 Å². The highest BCUT2D eigenvalue weighted by Gasteiger charge is 2.25. The van der Waals surface area contributed by atoms with Crippen molar-refractivity contribution in [2.75, 3.05) is 20.7 Å². The fourth-order valence-electron chi connectivity index (χ4n) is 1.98. The minimum Gasteiger partial charge on any atom is -0.497 e. The van der Waals surface area contributed by atoms with Crippen LogP contribution in [-0.4, -0.2) is 38.5 Å². The van der Waals surface area contributed by atoms with Gasteiger partial charge in [0.25, 0.3) is 10.0 Å².